The molecular weight excluding hydrogens is 259 g/mol. The van der Waals surface area contributed by atoms with Gasteiger partial charge in [-0.3, -0.25) is 9.59 Å². The van der Waals surface area contributed by atoms with Crippen molar-refractivity contribution in [3.05, 3.63) is 34.6 Å². The van der Waals surface area contributed by atoms with Gasteiger partial charge in [-0.2, -0.15) is 0 Å². The van der Waals surface area contributed by atoms with E-state index in [0.717, 1.165) is 6.07 Å². The highest BCUT2D eigenvalue weighted by atomic mass is 35.5. The number of carbonyl (C=O) groups is 2. The summed E-state index contributed by atoms with van der Waals surface area (Å²) in [6, 6.07) is 3.91. The highest BCUT2D eigenvalue weighted by Gasteiger charge is 2.12. The maximum Gasteiger partial charge on any atom is 0.305 e. The molecule has 0 amide bonds. The van der Waals surface area contributed by atoms with Crippen LogP contribution in [0.3, 0.4) is 0 Å². The first-order chi connectivity index (χ1) is 8.54. The van der Waals surface area contributed by atoms with Crippen molar-refractivity contribution >= 4 is 23.4 Å². The van der Waals surface area contributed by atoms with Gasteiger partial charge in [0.2, 0.25) is 0 Å². The zero-order valence-corrected chi connectivity index (χ0v) is 10.8. The van der Waals surface area contributed by atoms with Crippen LogP contribution in [0.2, 0.25) is 5.02 Å². The van der Waals surface area contributed by atoms with Crippen molar-refractivity contribution in [3.63, 3.8) is 0 Å². The Bertz CT molecular complexity index is 446. The summed E-state index contributed by atoms with van der Waals surface area (Å²) in [7, 11) is 0. The third-order valence-electron chi connectivity index (χ3n) is 2.32. The van der Waals surface area contributed by atoms with Crippen molar-refractivity contribution < 1.29 is 18.7 Å². The number of ether oxygens (including phenoxy) is 1. The molecule has 0 atom stereocenters. The summed E-state index contributed by atoms with van der Waals surface area (Å²) in [6.07, 6.45) is 0.617. The second-order valence-electron chi connectivity index (χ2n) is 3.71. The van der Waals surface area contributed by atoms with Gasteiger partial charge in [0.15, 0.2) is 5.78 Å². The molecule has 1 rings (SSSR count). The molecule has 5 heteroatoms. The van der Waals surface area contributed by atoms with E-state index < -0.39 is 5.82 Å². The Balaban J connectivity index is 2.48. The van der Waals surface area contributed by atoms with Gasteiger partial charge < -0.3 is 4.74 Å². The quantitative estimate of drug-likeness (QED) is 0.589. The Kier molecular flexibility index (Phi) is 5.78. The minimum Gasteiger partial charge on any atom is -0.466 e. The molecule has 0 saturated heterocycles. The summed E-state index contributed by atoms with van der Waals surface area (Å²) in [5, 5.41) is 0.246. The lowest BCUT2D eigenvalue weighted by Gasteiger charge is -2.03. The maximum atomic E-state index is 13.4. The van der Waals surface area contributed by atoms with Crippen LogP contribution in [0, 0.1) is 5.82 Å². The fourth-order valence-electron chi connectivity index (χ4n) is 1.48. The van der Waals surface area contributed by atoms with E-state index in [-0.39, 0.29) is 35.2 Å². The first-order valence-electron chi connectivity index (χ1n) is 5.68. The minimum atomic E-state index is -0.636. The fourth-order valence-corrected chi connectivity index (χ4v) is 1.64. The Morgan fingerprint density at radius 3 is 2.67 bits per heavy atom. The Morgan fingerprint density at radius 2 is 2.06 bits per heavy atom. The average molecular weight is 273 g/mol. The number of ketones is 1. The van der Waals surface area contributed by atoms with Gasteiger partial charge in [-0.15, -0.1) is 0 Å². The molecule has 0 radical (unpaired) electrons. The monoisotopic (exact) mass is 272 g/mol. The smallest absolute Gasteiger partial charge is 0.305 e. The largest absolute Gasteiger partial charge is 0.466 e. The van der Waals surface area contributed by atoms with Gasteiger partial charge in [0.05, 0.1) is 12.2 Å². The average Bonchev–Trinajstić information content (AvgIpc) is 2.29. The van der Waals surface area contributed by atoms with Gasteiger partial charge in [0.25, 0.3) is 0 Å². The van der Waals surface area contributed by atoms with Crippen LogP contribution in [0.15, 0.2) is 18.2 Å². The molecule has 18 heavy (non-hydrogen) atoms. The number of esters is 1. The van der Waals surface area contributed by atoms with Crippen LogP contribution < -0.4 is 0 Å². The van der Waals surface area contributed by atoms with E-state index >= 15 is 0 Å². The first-order valence-corrected chi connectivity index (χ1v) is 6.06. The van der Waals surface area contributed by atoms with Crippen molar-refractivity contribution in [2.24, 2.45) is 0 Å². The number of hydrogen-bond donors (Lipinski definition) is 0. The van der Waals surface area contributed by atoms with Crippen molar-refractivity contribution in [1.29, 1.82) is 0 Å². The van der Waals surface area contributed by atoms with Crippen molar-refractivity contribution in [3.8, 4) is 0 Å². The molecule has 0 N–H and O–H groups in total. The van der Waals surface area contributed by atoms with Gasteiger partial charge in [-0.25, -0.2) is 4.39 Å². The molecule has 0 aliphatic carbocycles. The van der Waals surface area contributed by atoms with E-state index in [4.69, 9.17) is 16.3 Å². The van der Waals surface area contributed by atoms with Crippen molar-refractivity contribution in [2.75, 3.05) is 6.61 Å². The van der Waals surface area contributed by atoms with E-state index in [2.05, 4.69) is 0 Å². The fraction of sp³-hybridized carbons (Fsp3) is 0.385. The summed E-state index contributed by atoms with van der Waals surface area (Å²) in [4.78, 5) is 22.7. The number of hydrogen-bond acceptors (Lipinski definition) is 3. The number of Topliss-reactive ketones (excluding diaryl/α,β-unsaturated/α-hetero) is 1. The highest BCUT2D eigenvalue weighted by Crippen LogP contribution is 2.17. The molecule has 1 aromatic rings. The SMILES string of the molecule is CCOC(=O)CCCC(=O)c1ccc(Cl)cc1F. The molecule has 0 aromatic heterocycles. The van der Waals surface area contributed by atoms with E-state index in [0.29, 0.717) is 13.0 Å². The topological polar surface area (TPSA) is 43.4 Å². The molecule has 0 aliphatic heterocycles. The van der Waals surface area contributed by atoms with Gasteiger partial charge >= 0.3 is 5.97 Å². The molecule has 0 spiro atoms. The molecule has 1 aromatic carbocycles. The van der Waals surface area contributed by atoms with Gasteiger partial charge in [-0.05, 0) is 31.5 Å². The van der Waals surface area contributed by atoms with E-state index in [9.17, 15) is 14.0 Å². The Morgan fingerprint density at radius 1 is 1.33 bits per heavy atom. The number of benzene rings is 1. The number of halogens is 2. The summed E-state index contributed by atoms with van der Waals surface area (Å²) in [5.74, 6) is -1.32. The Hall–Kier alpha value is -1.42. The third kappa shape index (κ3) is 4.45. The molecule has 0 fully saturated rings. The molecular formula is C13H14ClFO3. The summed E-state index contributed by atoms with van der Waals surface area (Å²) >= 11 is 5.59. The Labute approximate surface area is 110 Å². The maximum absolute atomic E-state index is 13.4. The molecule has 0 unspecified atom stereocenters. The molecule has 0 bridgehead atoms. The lowest BCUT2D eigenvalue weighted by molar-refractivity contribution is -0.143. The molecule has 0 heterocycles. The van der Waals surface area contributed by atoms with Gasteiger partial charge in [0, 0.05) is 17.9 Å². The van der Waals surface area contributed by atoms with Crippen LogP contribution in [-0.2, 0) is 9.53 Å². The van der Waals surface area contributed by atoms with Crippen LogP contribution >= 0.6 is 11.6 Å². The van der Waals surface area contributed by atoms with Gasteiger partial charge in [0.1, 0.15) is 5.82 Å². The molecule has 0 saturated carbocycles. The second kappa shape index (κ2) is 7.11. The summed E-state index contributed by atoms with van der Waals surface area (Å²) in [5.41, 5.74) is 0.00302. The van der Waals surface area contributed by atoms with Crippen LogP contribution in [-0.4, -0.2) is 18.4 Å². The molecule has 98 valence electrons. The zero-order valence-electron chi connectivity index (χ0n) is 10.0. The zero-order chi connectivity index (χ0) is 13.5. The van der Waals surface area contributed by atoms with Crippen LogP contribution in [0.4, 0.5) is 4.39 Å². The summed E-state index contributed by atoms with van der Waals surface area (Å²) < 4.78 is 18.1. The second-order valence-corrected chi connectivity index (χ2v) is 4.14. The number of rotatable bonds is 6. The predicted octanol–water partition coefficient (Wildman–Crippen LogP) is 3.40. The third-order valence-corrected chi connectivity index (χ3v) is 2.56. The summed E-state index contributed by atoms with van der Waals surface area (Å²) in [6.45, 7) is 2.03. The highest BCUT2D eigenvalue weighted by molar-refractivity contribution is 6.30. The van der Waals surface area contributed by atoms with Crippen LogP contribution in [0.25, 0.3) is 0 Å². The molecule has 0 aliphatic rings. The lowest BCUT2D eigenvalue weighted by atomic mass is 10.1. The van der Waals surface area contributed by atoms with Crippen LogP contribution in [0.1, 0.15) is 36.5 Å². The minimum absolute atomic E-state index is 0.00302. The normalized spacial score (nSPS) is 10.2. The van der Waals surface area contributed by atoms with E-state index in [1.807, 2.05) is 0 Å². The number of carbonyl (C=O) groups excluding carboxylic acids is 2. The first kappa shape index (κ1) is 14.6. The lowest BCUT2D eigenvalue weighted by Crippen LogP contribution is -2.06. The van der Waals surface area contributed by atoms with Crippen molar-refractivity contribution in [2.45, 2.75) is 26.2 Å². The van der Waals surface area contributed by atoms with Gasteiger partial charge in [-0.1, -0.05) is 11.6 Å². The predicted molar refractivity (Wildman–Crippen MR) is 66.2 cm³/mol. The van der Waals surface area contributed by atoms with E-state index in [1.165, 1.54) is 12.1 Å². The van der Waals surface area contributed by atoms with Crippen molar-refractivity contribution in [1.82, 2.24) is 0 Å². The standard InChI is InChI=1S/C13H14ClFO3/c1-2-18-13(17)5-3-4-12(16)10-7-6-9(14)8-11(10)15/h6-8H,2-5H2,1H3. The molecule has 3 nitrogen and oxygen atoms in total. The van der Waals surface area contributed by atoms with E-state index in [1.54, 1.807) is 6.92 Å². The van der Waals surface area contributed by atoms with Crippen LogP contribution in [0.5, 0.6) is 0 Å².